The highest BCUT2D eigenvalue weighted by molar-refractivity contribution is 5.14. The number of nitrogens with two attached hydrogens (primary N) is 1. The van der Waals surface area contributed by atoms with Gasteiger partial charge in [-0.1, -0.05) is 45.2 Å². The zero-order valence-corrected chi connectivity index (χ0v) is 11.4. The summed E-state index contributed by atoms with van der Waals surface area (Å²) in [4.78, 5) is 0. The van der Waals surface area contributed by atoms with Crippen molar-refractivity contribution < 1.29 is 0 Å². The Labute approximate surface area is 105 Å². The second-order valence-corrected chi connectivity index (χ2v) is 4.90. The summed E-state index contributed by atoms with van der Waals surface area (Å²) in [6, 6.07) is 0. The molecule has 0 bridgehead atoms. The van der Waals surface area contributed by atoms with E-state index in [0.717, 1.165) is 18.7 Å². The highest BCUT2D eigenvalue weighted by Crippen LogP contribution is 2.18. The molecule has 0 aliphatic carbocycles. The molecule has 0 aliphatic heterocycles. The van der Waals surface area contributed by atoms with E-state index >= 15 is 0 Å². The lowest BCUT2D eigenvalue weighted by atomic mass is 10.1. The van der Waals surface area contributed by atoms with E-state index in [-0.39, 0.29) is 0 Å². The van der Waals surface area contributed by atoms with Crippen molar-refractivity contribution in [1.29, 1.82) is 0 Å². The van der Waals surface area contributed by atoms with Gasteiger partial charge >= 0.3 is 0 Å². The standard InChI is InChI=1S/C13H26N4/c1-4-5-6-7-10-17-13(11(2)3)12(8-9-14)15-16-17/h11H,4-10,14H2,1-3H3. The molecule has 0 atom stereocenters. The Morgan fingerprint density at radius 1 is 1.24 bits per heavy atom. The van der Waals surface area contributed by atoms with Gasteiger partial charge in [0.15, 0.2) is 0 Å². The lowest BCUT2D eigenvalue weighted by Gasteiger charge is -2.10. The first-order chi connectivity index (χ1) is 8.20. The van der Waals surface area contributed by atoms with Crippen LogP contribution in [0.15, 0.2) is 0 Å². The van der Waals surface area contributed by atoms with Crippen molar-refractivity contribution in [3.63, 3.8) is 0 Å². The summed E-state index contributed by atoms with van der Waals surface area (Å²) in [7, 11) is 0. The van der Waals surface area contributed by atoms with E-state index in [1.807, 2.05) is 0 Å². The smallest absolute Gasteiger partial charge is 0.0874 e. The number of aromatic nitrogens is 3. The zero-order chi connectivity index (χ0) is 12.7. The van der Waals surface area contributed by atoms with Gasteiger partial charge in [0.25, 0.3) is 0 Å². The molecule has 0 unspecified atom stereocenters. The Bertz CT molecular complexity index is 317. The highest BCUT2D eigenvalue weighted by Gasteiger charge is 2.14. The Kier molecular flexibility index (Phi) is 6.19. The second-order valence-electron chi connectivity index (χ2n) is 4.90. The van der Waals surface area contributed by atoms with Crippen LogP contribution in [0.5, 0.6) is 0 Å². The van der Waals surface area contributed by atoms with Crippen LogP contribution in [0.3, 0.4) is 0 Å². The summed E-state index contributed by atoms with van der Waals surface area (Å²) < 4.78 is 2.07. The fourth-order valence-electron chi connectivity index (χ4n) is 2.16. The molecule has 0 saturated carbocycles. The molecule has 2 N–H and O–H groups in total. The van der Waals surface area contributed by atoms with Gasteiger partial charge in [0.2, 0.25) is 0 Å². The van der Waals surface area contributed by atoms with Crippen LogP contribution in [-0.4, -0.2) is 21.5 Å². The number of unbranched alkanes of at least 4 members (excludes halogenated alkanes) is 3. The Hall–Kier alpha value is -0.900. The summed E-state index contributed by atoms with van der Waals surface area (Å²) in [5, 5.41) is 8.52. The number of nitrogens with zero attached hydrogens (tertiary/aromatic N) is 3. The van der Waals surface area contributed by atoms with E-state index in [1.54, 1.807) is 0 Å². The third-order valence-corrected chi connectivity index (χ3v) is 3.00. The summed E-state index contributed by atoms with van der Waals surface area (Å²) in [5.41, 5.74) is 7.95. The summed E-state index contributed by atoms with van der Waals surface area (Å²) >= 11 is 0. The molecular weight excluding hydrogens is 212 g/mol. The molecule has 98 valence electrons. The minimum Gasteiger partial charge on any atom is -0.330 e. The van der Waals surface area contributed by atoms with E-state index in [2.05, 4.69) is 35.8 Å². The van der Waals surface area contributed by atoms with Crippen LogP contribution in [0.2, 0.25) is 0 Å². The molecule has 1 aromatic heterocycles. The van der Waals surface area contributed by atoms with Gasteiger partial charge < -0.3 is 5.73 Å². The molecule has 17 heavy (non-hydrogen) atoms. The normalized spacial score (nSPS) is 11.4. The molecule has 1 rings (SSSR count). The SMILES string of the molecule is CCCCCCn1nnc(CCN)c1C(C)C. The Morgan fingerprint density at radius 3 is 2.59 bits per heavy atom. The summed E-state index contributed by atoms with van der Waals surface area (Å²) in [6.07, 6.45) is 5.88. The third-order valence-electron chi connectivity index (χ3n) is 3.00. The van der Waals surface area contributed by atoms with Gasteiger partial charge in [0, 0.05) is 13.0 Å². The maximum Gasteiger partial charge on any atom is 0.0874 e. The van der Waals surface area contributed by atoms with Crippen LogP contribution < -0.4 is 5.73 Å². The average molecular weight is 238 g/mol. The fourth-order valence-corrected chi connectivity index (χ4v) is 2.16. The molecule has 0 saturated heterocycles. The molecule has 1 aromatic rings. The molecule has 4 heteroatoms. The molecule has 0 spiro atoms. The van der Waals surface area contributed by atoms with Crippen molar-refractivity contribution in [2.24, 2.45) is 5.73 Å². The van der Waals surface area contributed by atoms with Crippen molar-refractivity contribution in [2.45, 2.75) is 65.3 Å². The number of hydrogen-bond acceptors (Lipinski definition) is 3. The Morgan fingerprint density at radius 2 is 2.00 bits per heavy atom. The lowest BCUT2D eigenvalue weighted by molar-refractivity contribution is 0.503. The quantitative estimate of drug-likeness (QED) is 0.708. The topological polar surface area (TPSA) is 56.7 Å². The van der Waals surface area contributed by atoms with Gasteiger partial charge in [0.05, 0.1) is 11.4 Å². The van der Waals surface area contributed by atoms with Crippen LogP contribution in [0.1, 0.15) is 63.8 Å². The summed E-state index contributed by atoms with van der Waals surface area (Å²) in [6.45, 7) is 8.26. The van der Waals surface area contributed by atoms with Crippen LogP contribution in [0.4, 0.5) is 0 Å². The molecule has 4 nitrogen and oxygen atoms in total. The fraction of sp³-hybridized carbons (Fsp3) is 0.846. The van der Waals surface area contributed by atoms with Crippen LogP contribution >= 0.6 is 0 Å². The Balaban J connectivity index is 2.64. The van der Waals surface area contributed by atoms with Crippen LogP contribution in [-0.2, 0) is 13.0 Å². The number of rotatable bonds is 8. The molecule has 0 radical (unpaired) electrons. The monoisotopic (exact) mass is 238 g/mol. The predicted octanol–water partition coefficient (Wildman–Crippen LogP) is 2.48. The summed E-state index contributed by atoms with van der Waals surface area (Å²) in [5.74, 6) is 0.470. The minimum atomic E-state index is 0.470. The maximum absolute atomic E-state index is 5.60. The van der Waals surface area contributed by atoms with Gasteiger partial charge in [-0.2, -0.15) is 0 Å². The zero-order valence-electron chi connectivity index (χ0n) is 11.4. The molecule has 0 amide bonds. The van der Waals surface area contributed by atoms with Crippen molar-refractivity contribution in [1.82, 2.24) is 15.0 Å². The first-order valence-corrected chi connectivity index (χ1v) is 6.83. The third kappa shape index (κ3) is 4.11. The number of aryl methyl sites for hydroxylation is 1. The van der Waals surface area contributed by atoms with Gasteiger partial charge in [-0.05, 0) is 18.9 Å². The average Bonchev–Trinajstić information content (AvgIpc) is 2.68. The first-order valence-electron chi connectivity index (χ1n) is 6.83. The predicted molar refractivity (Wildman–Crippen MR) is 71.0 cm³/mol. The minimum absolute atomic E-state index is 0.470. The first kappa shape index (κ1) is 14.2. The maximum atomic E-state index is 5.60. The van der Waals surface area contributed by atoms with Crippen molar-refractivity contribution >= 4 is 0 Å². The van der Waals surface area contributed by atoms with Gasteiger partial charge in [0.1, 0.15) is 0 Å². The van der Waals surface area contributed by atoms with Crippen LogP contribution in [0, 0.1) is 0 Å². The molecule has 0 aliphatic rings. The molecule has 0 aromatic carbocycles. The van der Waals surface area contributed by atoms with Gasteiger partial charge in [-0.15, -0.1) is 5.10 Å². The van der Waals surface area contributed by atoms with Crippen molar-refractivity contribution in [2.75, 3.05) is 6.54 Å². The van der Waals surface area contributed by atoms with E-state index in [0.29, 0.717) is 12.5 Å². The van der Waals surface area contributed by atoms with Crippen molar-refractivity contribution in [3.8, 4) is 0 Å². The second kappa shape index (κ2) is 7.43. The van der Waals surface area contributed by atoms with E-state index in [4.69, 9.17) is 5.73 Å². The van der Waals surface area contributed by atoms with Crippen LogP contribution in [0.25, 0.3) is 0 Å². The number of hydrogen-bond donors (Lipinski definition) is 1. The van der Waals surface area contributed by atoms with Gasteiger partial charge in [-0.3, -0.25) is 0 Å². The largest absolute Gasteiger partial charge is 0.330 e. The molecular formula is C13H26N4. The van der Waals surface area contributed by atoms with Crippen molar-refractivity contribution in [3.05, 3.63) is 11.4 Å². The lowest BCUT2D eigenvalue weighted by Crippen LogP contribution is -2.10. The van der Waals surface area contributed by atoms with E-state index in [1.165, 1.54) is 31.4 Å². The van der Waals surface area contributed by atoms with E-state index < -0.39 is 0 Å². The van der Waals surface area contributed by atoms with E-state index in [9.17, 15) is 0 Å². The molecule has 0 fully saturated rings. The van der Waals surface area contributed by atoms with Gasteiger partial charge in [-0.25, -0.2) is 4.68 Å². The highest BCUT2D eigenvalue weighted by atomic mass is 15.4. The molecule has 1 heterocycles.